The monoisotopic (exact) mass is 207 g/mol. The van der Waals surface area contributed by atoms with Crippen molar-refractivity contribution in [3.05, 3.63) is 0 Å². The van der Waals surface area contributed by atoms with E-state index >= 15 is 0 Å². The second-order valence-electron chi connectivity index (χ2n) is 0.448. The third kappa shape index (κ3) is 144. The van der Waals surface area contributed by atoms with Gasteiger partial charge in [-0.1, -0.05) is 0 Å². The molecule has 0 fully saturated rings. The van der Waals surface area contributed by atoms with Gasteiger partial charge in [-0.05, 0) is 0 Å². The Morgan fingerprint density at radius 3 is 1.43 bits per heavy atom. The van der Waals surface area contributed by atoms with Crippen LogP contribution in [0, 0.1) is 0 Å². The van der Waals surface area contributed by atoms with Crippen LogP contribution in [0.25, 0.3) is 0 Å². The molecule has 0 rings (SSSR count). The summed E-state index contributed by atoms with van der Waals surface area (Å²) < 4.78 is 24.0. The molecule has 0 aromatic rings. The van der Waals surface area contributed by atoms with E-state index in [0.717, 1.165) is 0 Å². The van der Waals surface area contributed by atoms with Gasteiger partial charge in [0.2, 0.25) is 0 Å². The minimum atomic E-state index is -3.83. The SMILES string of the molecule is O=S(O)(O)=S.S.[Co]. The molecular formula is H4CoO3S3. The number of hydrogen-bond donors (Lipinski definition) is 2. The second-order valence-corrected chi connectivity index (χ2v) is 2.65. The van der Waals surface area contributed by atoms with E-state index in [2.05, 4.69) is 11.2 Å². The van der Waals surface area contributed by atoms with Crippen molar-refractivity contribution in [2.45, 2.75) is 0 Å². The standard InChI is InChI=1S/Co.H2O3S2.H2S/c;1-5(2,3)4;/h;(H2,1,2,3,4);1H2. The van der Waals surface area contributed by atoms with E-state index in [0.29, 0.717) is 0 Å². The second kappa shape index (κ2) is 5.29. The summed E-state index contributed by atoms with van der Waals surface area (Å²) in [4.78, 5) is 0. The number of hydrogen-bond acceptors (Lipinski definition) is 2. The van der Waals surface area contributed by atoms with Crippen molar-refractivity contribution in [3.8, 4) is 0 Å². The van der Waals surface area contributed by atoms with Crippen LogP contribution in [-0.2, 0) is 37.0 Å². The van der Waals surface area contributed by atoms with Crippen molar-refractivity contribution < 1.29 is 30.1 Å². The summed E-state index contributed by atoms with van der Waals surface area (Å²) in [5, 5.41) is 0. The molecule has 0 aliphatic heterocycles. The van der Waals surface area contributed by atoms with E-state index in [-0.39, 0.29) is 30.3 Å². The van der Waals surface area contributed by atoms with Crippen LogP contribution in [-0.4, -0.2) is 13.3 Å². The van der Waals surface area contributed by atoms with Crippen molar-refractivity contribution >= 4 is 33.7 Å². The van der Waals surface area contributed by atoms with Crippen molar-refractivity contribution in [2.75, 3.05) is 0 Å². The zero-order chi connectivity index (χ0) is 4.50. The smallest absolute Gasteiger partial charge is 0.263 e. The minimum Gasteiger partial charge on any atom is -0.285 e. The van der Waals surface area contributed by atoms with E-state index < -0.39 is 9.05 Å². The van der Waals surface area contributed by atoms with Gasteiger partial charge < -0.3 is 0 Å². The Kier molecular flexibility index (Phi) is 11.9. The first-order valence-corrected chi connectivity index (χ1v) is 3.10. The van der Waals surface area contributed by atoms with E-state index in [4.69, 9.17) is 13.3 Å². The molecule has 1 radical (unpaired) electrons. The zero-order valence-electron chi connectivity index (χ0n) is 2.95. The Morgan fingerprint density at radius 2 is 1.43 bits per heavy atom. The normalized spacial score (nSPS) is 8.29. The molecule has 0 aromatic heterocycles. The Labute approximate surface area is 63.8 Å². The van der Waals surface area contributed by atoms with Crippen LogP contribution in [0.2, 0.25) is 0 Å². The molecule has 7 heavy (non-hydrogen) atoms. The Hall–Kier alpha value is 1.15. The van der Waals surface area contributed by atoms with Crippen molar-refractivity contribution in [1.82, 2.24) is 0 Å². The van der Waals surface area contributed by atoms with Crippen molar-refractivity contribution in [2.24, 2.45) is 0 Å². The first-order chi connectivity index (χ1) is 2.00. The predicted molar refractivity (Wildman–Crippen MR) is 31.1 cm³/mol. The van der Waals surface area contributed by atoms with Gasteiger partial charge in [-0.25, -0.2) is 0 Å². The third-order valence-electron chi connectivity index (χ3n) is 0. The summed E-state index contributed by atoms with van der Waals surface area (Å²) in [5.74, 6) is 0. The van der Waals surface area contributed by atoms with Crippen LogP contribution in [0.3, 0.4) is 0 Å². The average Bonchev–Trinajstić information content (AvgIpc) is 0.722. The summed E-state index contributed by atoms with van der Waals surface area (Å²) in [6.07, 6.45) is 0. The molecule has 0 saturated heterocycles. The van der Waals surface area contributed by atoms with E-state index in [9.17, 15) is 0 Å². The first-order valence-electron chi connectivity index (χ1n) is 0.698. The van der Waals surface area contributed by atoms with Crippen LogP contribution in [0.4, 0.5) is 0 Å². The maximum Gasteiger partial charge on any atom is 0.263 e. The Balaban J connectivity index is -0.0000000800. The molecule has 0 spiro atoms. The Morgan fingerprint density at radius 1 is 1.43 bits per heavy atom. The molecule has 0 atom stereocenters. The molecule has 0 aliphatic rings. The molecule has 0 saturated carbocycles. The maximum absolute atomic E-state index is 9.11. The molecule has 49 valence electrons. The topological polar surface area (TPSA) is 57.5 Å². The fourth-order valence-electron chi connectivity index (χ4n) is 0. The van der Waals surface area contributed by atoms with Gasteiger partial charge in [0.05, 0.1) is 0 Å². The summed E-state index contributed by atoms with van der Waals surface area (Å²) >= 11 is 3.47. The Bertz CT molecular complexity index is 93.3. The third-order valence-corrected chi connectivity index (χ3v) is 0. The molecule has 0 aromatic carbocycles. The van der Waals surface area contributed by atoms with Crippen LogP contribution >= 0.6 is 13.5 Å². The fraction of sp³-hybridized carbons (Fsp3) is 0. The quantitative estimate of drug-likeness (QED) is 0.577. The summed E-state index contributed by atoms with van der Waals surface area (Å²) in [7, 11) is -3.83. The predicted octanol–water partition coefficient (Wildman–Crippen LogP) is -0.211. The molecule has 0 heterocycles. The van der Waals surface area contributed by atoms with Gasteiger partial charge in [0.1, 0.15) is 0 Å². The molecule has 0 aliphatic carbocycles. The molecule has 0 amide bonds. The largest absolute Gasteiger partial charge is 0.285 e. The van der Waals surface area contributed by atoms with Crippen LogP contribution in [0.1, 0.15) is 0 Å². The molecule has 0 unspecified atom stereocenters. The molecule has 0 bridgehead atoms. The average molecular weight is 207 g/mol. The molecule has 2 N–H and O–H groups in total. The van der Waals surface area contributed by atoms with E-state index in [1.165, 1.54) is 0 Å². The van der Waals surface area contributed by atoms with Gasteiger partial charge in [0.25, 0.3) is 9.05 Å². The molecule has 7 heteroatoms. The van der Waals surface area contributed by atoms with E-state index in [1.807, 2.05) is 0 Å². The van der Waals surface area contributed by atoms with Crippen molar-refractivity contribution in [3.63, 3.8) is 0 Å². The van der Waals surface area contributed by atoms with Gasteiger partial charge in [0, 0.05) is 28.0 Å². The summed E-state index contributed by atoms with van der Waals surface area (Å²) in [6.45, 7) is 0. The summed E-state index contributed by atoms with van der Waals surface area (Å²) in [6, 6.07) is 0. The van der Waals surface area contributed by atoms with Crippen LogP contribution in [0.5, 0.6) is 0 Å². The molecule has 3 nitrogen and oxygen atoms in total. The van der Waals surface area contributed by atoms with Gasteiger partial charge in [-0.2, -0.15) is 17.7 Å². The fourth-order valence-corrected chi connectivity index (χ4v) is 0. The maximum atomic E-state index is 9.11. The van der Waals surface area contributed by atoms with Gasteiger partial charge in [0.15, 0.2) is 0 Å². The van der Waals surface area contributed by atoms with Crippen LogP contribution < -0.4 is 0 Å². The first kappa shape index (κ1) is 15.7. The van der Waals surface area contributed by atoms with E-state index in [1.54, 1.807) is 0 Å². The van der Waals surface area contributed by atoms with Gasteiger partial charge in [-0.15, -0.1) is 0 Å². The zero-order valence-corrected chi connectivity index (χ0v) is 6.63. The van der Waals surface area contributed by atoms with Gasteiger partial charge in [-0.3, -0.25) is 9.11 Å². The van der Waals surface area contributed by atoms with Gasteiger partial charge >= 0.3 is 0 Å². The van der Waals surface area contributed by atoms with Crippen LogP contribution in [0.15, 0.2) is 0 Å². The number of rotatable bonds is 0. The summed E-state index contributed by atoms with van der Waals surface area (Å²) in [5.41, 5.74) is 0. The minimum absolute atomic E-state index is 0. The molecular weight excluding hydrogens is 203 g/mol. The van der Waals surface area contributed by atoms with Crippen molar-refractivity contribution in [1.29, 1.82) is 0 Å².